The van der Waals surface area contributed by atoms with Gasteiger partial charge in [-0.15, -0.1) is 0 Å². The Kier molecular flexibility index (Phi) is 3.84. The summed E-state index contributed by atoms with van der Waals surface area (Å²) >= 11 is 0. The molecule has 0 unspecified atom stereocenters. The number of nitrogens with one attached hydrogen (secondary N) is 1. The number of fused-ring (bicyclic) bond motifs is 1. The normalized spacial score (nSPS) is 21.4. The van der Waals surface area contributed by atoms with Gasteiger partial charge in [0.2, 0.25) is 5.91 Å². The van der Waals surface area contributed by atoms with Crippen molar-refractivity contribution in [2.45, 2.75) is 39.7 Å². The maximum absolute atomic E-state index is 12.1. The molecule has 2 rings (SSSR count). The van der Waals surface area contributed by atoms with E-state index in [0.29, 0.717) is 5.92 Å². The Hall–Kier alpha value is -1.84. The summed E-state index contributed by atoms with van der Waals surface area (Å²) in [5, 5.41) is 12.1. The molecular formula is C16H21NO3. The summed E-state index contributed by atoms with van der Waals surface area (Å²) < 4.78 is 0. The summed E-state index contributed by atoms with van der Waals surface area (Å²) in [5.74, 6) is -0.817. The molecule has 0 saturated heterocycles. The van der Waals surface area contributed by atoms with Crippen molar-refractivity contribution in [1.82, 2.24) is 5.32 Å². The van der Waals surface area contributed by atoms with E-state index in [1.165, 1.54) is 5.56 Å². The van der Waals surface area contributed by atoms with Gasteiger partial charge in [-0.3, -0.25) is 9.59 Å². The van der Waals surface area contributed by atoms with E-state index in [0.717, 1.165) is 12.0 Å². The Bertz CT molecular complexity index is 536. The van der Waals surface area contributed by atoms with Crippen LogP contribution in [-0.4, -0.2) is 17.0 Å². The second-order valence-electron chi connectivity index (χ2n) is 6.29. The topological polar surface area (TPSA) is 66.4 Å². The SMILES string of the molecule is C[C@@H]1Cc2ccccc2[C@H]1NC(=O)CC(C)(C)C(=O)O. The molecule has 4 heteroatoms. The van der Waals surface area contributed by atoms with Gasteiger partial charge in [0, 0.05) is 6.42 Å². The molecule has 0 bridgehead atoms. The number of hydrogen-bond acceptors (Lipinski definition) is 2. The highest BCUT2D eigenvalue weighted by molar-refractivity contribution is 5.84. The highest BCUT2D eigenvalue weighted by Crippen LogP contribution is 2.36. The number of carbonyl (C=O) groups excluding carboxylic acids is 1. The quantitative estimate of drug-likeness (QED) is 0.887. The first-order valence-corrected chi connectivity index (χ1v) is 6.92. The molecule has 0 aromatic heterocycles. The van der Waals surface area contributed by atoms with Gasteiger partial charge in [0.1, 0.15) is 0 Å². The minimum Gasteiger partial charge on any atom is -0.481 e. The van der Waals surface area contributed by atoms with Crippen LogP contribution < -0.4 is 5.32 Å². The molecule has 0 aliphatic heterocycles. The van der Waals surface area contributed by atoms with E-state index in [1.807, 2.05) is 18.2 Å². The Labute approximate surface area is 119 Å². The highest BCUT2D eigenvalue weighted by Gasteiger charge is 2.34. The van der Waals surface area contributed by atoms with Gasteiger partial charge in [-0.25, -0.2) is 0 Å². The number of carbonyl (C=O) groups is 2. The fraction of sp³-hybridized carbons (Fsp3) is 0.500. The van der Waals surface area contributed by atoms with Gasteiger partial charge < -0.3 is 10.4 Å². The molecule has 0 fully saturated rings. The summed E-state index contributed by atoms with van der Waals surface area (Å²) in [5.41, 5.74) is 1.38. The average molecular weight is 275 g/mol. The van der Waals surface area contributed by atoms with Gasteiger partial charge in [0.15, 0.2) is 0 Å². The number of carboxylic acids is 1. The van der Waals surface area contributed by atoms with E-state index < -0.39 is 11.4 Å². The molecule has 0 spiro atoms. The van der Waals surface area contributed by atoms with Gasteiger partial charge in [-0.05, 0) is 37.3 Å². The van der Waals surface area contributed by atoms with Crippen molar-refractivity contribution in [1.29, 1.82) is 0 Å². The molecule has 1 aromatic carbocycles. The van der Waals surface area contributed by atoms with Gasteiger partial charge in [0.05, 0.1) is 11.5 Å². The van der Waals surface area contributed by atoms with E-state index in [4.69, 9.17) is 5.11 Å². The molecule has 1 aromatic rings. The van der Waals surface area contributed by atoms with Crippen molar-refractivity contribution in [2.24, 2.45) is 11.3 Å². The van der Waals surface area contributed by atoms with Crippen LogP contribution in [0, 0.1) is 11.3 Å². The minimum absolute atomic E-state index is 0.00623. The highest BCUT2D eigenvalue weighted by atomic mass is 16.4. The van der Waals surface area contributed by atoms with Crippen LogP contribution in [0.2, 0.25) is 0 Å². The first-order chi connectivity index (χ1) is 9.31. The molecule has 4 nitrogen and oxygen atoms in total. The number of aliphatic carboxylic acids is 1. The fourth-order valence-corrected chi connectivity index (χ4v) is 2.72. The van der Waals surface area contributed by atoms with Gasteiger partial charge in [-0.1, -0.05) is 31.2 Å². The molecule has 2 N–H and O–H groups in total. The lowest BCUT2D eigenvalue weighted by molar-refractivity contribution is -0.149. The van der Waals surface area contributed by atoms with Gasteiger partial charge in [-0.2, -0.15) is 0 Å². The number of benzene rings is 1. The molecule has 2 atom stereocenters. The Morgan fingerprint density at radius 1 is 1.35 bits per heavy atom. The van der Waals surface area contributed by atoms with Crippen LogP contribution in [0.3, 0.4) is 0 Å². The zero-order chi connectivity index (χ0) is 14.9. The zero-order valence-electron chi connectivity index (χ0n) is 12.1. The number of carboxylic acid groups (broad SMARTS) is 1. The second kappa shape index (κ2) is 5.27. The lowest BCUT2D eigenvalue weighted by atomic mass is 9.89. The van der Waals surface area contributed by atoms with E-state index in [1.54, 1.807) is 13.8 Å². The third-order valence-corrected chi connectivity index (χ3v) is 4.00. The number of rotatable bonds is 4. The third-order valence-electron chi connectivity index (χ3n) is 4.00. The van der Waals surface area contributed by atoms with E-state index in [2.05, 4.69) is 18.3 Å². The monoisotopic (exact) mass is 275 g/mol. The maximum atomic E-state index is 12.1. The van der Waals surface area contributed by atoms with Gasteiger partial charge in [0.25, 0.3) is 0 Å². The van der Waals surface area contributed by atoms with Crippen molar-refractivity contribution in [2.75, 3.05) is 0 Å². The second-order valence-corrected chi connectivity index (χ2v) is 6.29. The molecule has 1 aliphatic rings. The van der Waals surface area contributed by atoms with Crippen molar-refractivity contribution in [3.8, 4) is 0 Å². The molecule has 20 heavy (non-hydrogen) atoms. The molecular weight excluding hydrogens is 254 g/mol. The van der Waals surface area contributed by atoms with Gasteiger partial charge >= 0.3 is 5.97 Å². The van der Waals surface area contributed by atoms with Crippen LogP contribution in [0.5, 0.6) is 0 Å². The Morgan fingerprint density at radius 2 is 2.00 bits per heavy atom. The molecule has 0 saturated carbocycles. The summed E-state index contributed by atoms with van der Waals surface area (Å²) in [6.07, 6.45) is 0.942. The summed E-state index contributed by atoms with van der Waals surface area (Å²) in [4.78, 5) is 23.2. The van der Waals surface area contributed by atoms with Crippen LogP contribution in [0.25, 0.3) is 0 Å². The zero-order valence-corrected chi connectivity index (χ0v) is 12.1. The van der Waals surface area contributed by atoms with Crippen LogP contribution >= 0.6 is 0 Å². The molecule has 0 heterocycles. The van der Waals surface area contributed by atoms with Crippen LogP contribution in [-0.2, 0) is 16.0 Å². The first kappa shape index (κ1) is 14.6. The van der Waals surface area contributed by atoms with Crippen molar-refractivity contribution in [3.05, 3.63) is 35.4 Å². The third kappa shape index (κ3) is 2.84. The Balaban J connectivity index is 2.07. The smallest absolute Gasteiger partial charge is 0.309 e. The molecule has 108 valence electrons. The predicted octanol–water partition coefficient (Wildman–Crippen LogP) is 2.54. The van der Waals surface area contributed by atoms with E-state index in [-0.39, 0.29) is 18.4 Å². The lowest BCUT2D eigenvalue weighted by Crippen LogP contribution is -2.36. The van der Waals surface area contributed by atoms with Crippen LogP contribution in [0.1, 0.15) is 44.4 Å². The van der Waals surface area contributed by atoms with E-state index >= 15 is 0 Å². The predicted molar refractivity (Wildman–Crippen MR) is 76.2 cm³/mol. The Morgan fingerprint density at radius 3 is 2.65 bits per heavy atom. The largest absolute Gasteiger partial charge is 0.481 e. The van der Waals surface area contributed by atoms with Crippen molar-refractivity contribution in [3.63, 3.8) is 0 Å². The number of amides is 1. The van der Waals surface area contributed by atoms with Crippen LogP contribution in [0.15, 0.2) is 24.3 Å². The fourth-order valence-electron chi connectivity index (χ4n) is 2.72. The molecule has 0 radical (unpaired) electrons. The summed E-state index contributed by atoms with van der Waals surface area (Å²) in [6.45, 7) is 5.25. The molecule has 1 amide bonds. The van der Waals surface area contributed by atoms with Crippen molar-refractivity contribution < 1.29 is 14.7 Å². The first-order valence-electron chi connectivity index (χ1n) is 6.92. The minimum atomic E-state index is -1.04. The maximum Gasteiger partial charge on any atom is 0.309 e. The summed E-state index contributed by atoms with van der Waals surface area (Å²) in [6, 6.07) is 8.08. The average Bonchev–Trinajstić information content (AvgIpc) is 2.65. The van der Waals surface area contributed by atoms with Crippen molar-refractivity contribution >= 4 is 11.9 Å². The lowest BCUT2D eigenvalue weighted by Gasteiger charge is -2.23. The summed E-state index contributed by atoms with van der Waals surface area (Å²) in [7, 11) is 0. The van der Waals surface area contributed by atoms with E-state index in [9.17, 15) is 9.59 Å². The molecule has 1 aliphatic carbocycles. The number of hydrogen-bond donors (Lipinski definition) is 2. The van der Waals surface area contributed by atoms with Crippen LogP contribution in [0.4, 0.5) is 0 Å². The standard InChI is InChI=1S/C16H21NO3/c1-10-8-11-6-4-5-7-12(11)14(10)17-13(18)9-16(2,3)15(19)20/h4-7,10,14H,8-9H2,1-3H3,(H,17,18)(H,19,20)/t10-,14+/m1/s1.